The van der Waals surface area contributed by atoms with Gasteiger partial charge < -0.3 is 10.2 Å². The predicted octanol–water partition coefficient (Wildman–Crippen LogP) is 3.84. The van der Waals surface area contributed by atoms with Gasteiger partial charge in [0.25, 0.3) is 5.91 Å². The Morgan fingerprint density at radius 1 is 0.962 bits per heavy atom. The molecule has 4 heteroatoms. The van der Waals surface area contributed by atoms with Crippen molar-refractivity contribution in [2.24, 2.45) is 0 Å². The van der Waals surface area contributed by atoms with E-state index in [0.717, 1.165) is 5.69 Å². The zero-order valence-corrected chi connectivity index (χ0v) is 16.0. The molecule has 2 N–H and O–H groups in total. The fourth-order valence-corrected chi connectivity index (χ4v) is 4.03. The van der Waals surface area contributed by atoms with Crippen molar-refractivity contribution in [2.45, 2.75) is 25.9 Å². The topological polar surface area (TPSA) is 36.9 Å². The summed E-state index contributed by atoms with van der Waals surface area (Å²) in [6.07, 6.45) is 0. The minimum absolute atomic E-state index is 0.121. The zero-order valence-electron chi connectivity index (χ0n) is 15.2. The molecule has 1 amide bonds. The van der Waals surface area contributed by atoms with Gasteiger partial charge in [-0.2, -0.15) is 0 Å². The van der Waals surface area contributed by atoms with Gasteiger partial charge in [0.05, 0.1) is 4.88 Å². The first-order chi connectivity index (χ1) is 12.7. The Labute approximate surface area is 159 Å². The van der Waals surface area contributed by atoms with Crippen LogP contribution in [0.2, 0.25) is 0 Å². The molecule has 26 heavy (non-hydrogen) atoms. The molecule has 1 atom stereocenters. The molecule has 0 saturated heterocycles. The molecular formula is C22H25N2OS+. The number of para-hydroxylation sites is 1. The number of hydrogen-bond donors (Lipinski definition) is 1. The number of carbonyl (C=O) groups excluding carboxylic acids is 1. The number of hydrogen-bond acceptors (Lipinski definition) is 2. The third kappa shape index (κ3) is 4.40. The average molecular weight is 366 g/mol. The van der Waals surface area contributed by atoms with Crippen molar-refractivity contribution in [3.63, 3.8) is 0 Å². The zero-order chi connectivity index (χ0) is 18.4. The number of nitrogens with two attached hydrogens (primary N) is 1. The maximum absolute atomic E-state index is 13.0. The molecule has 0 fully saturated rings. The Morgan fingerprint density at radius 3 is 2.19 bits per heavy atom. The lowest BCUT2D eigenvalue weighted by Crippen LogP contribution is -2.88. The van der Waals surface area contributed by atoms with E-state index in [4.69, 9.17) is 0 Å². The standard InChI is InChI=1S/C22H24N2OS/c1-17(2)24(19-12-7-4-8-13-19)21(25)16-23-22(20-14-9-15-26-20)18-10-5-3-6-11-18/h3-15,17,22-23H,16H2,1-2H3/p+1/t22-/m1/s1. The molecule has 2 aromatic carbocycles. The second kappa shape index (κ2) is 8.79. The van der Waals surface area contributed by atoms with Crippen molar-refractivity contribution in [1.29, 1.82) is 0 Å². The maximum atomic E-state index is 13.0. The number of thiophene rings is 1. The van der Waals surface area contributed by atoms with Crippen LogP contribution in [0.4, 0.5) is 5.69 Å². The number of nitrogens with zero attached hydrogens (tertiary/aromatic N) is 1. The SMILES string of the molecule is CC(C)N(C(=O)C[NH2+][C@H](c1ccccc1)c1cccs1)c1ccccc1. The molecule has 0 bridgehead atoms. The minimum atomic E-state index is 0.121. The normalized spacial score (nSPS) is 12.1. The highest BCUT2D eigenvalue weighted by Crippen LogP contribution is 2.22. The van der Waals surface area contributed by atoms with Gasteiger partial charge in [0.2, 0.25) is 0 Å². The van der Waals surface area contributed by atoms with E-state index in [0.29, 0.717) is 6.54 Å². The van der Waals surface area contributed by atoms with Crippen LogP contribution in [0.1, 0.15) is 30.3 Å². The Bertz CT molecular complexity index is 801. The van der Waals surface area contributed by atoms with Gasteiger partial charge in [0.1, 0.15) is 6.04 Å². The molecule has 1 aromatic heterocycles. The number of anilines is 1. The van der Waals surface area contributed by atoms with Gasteiger partial charge in [-0.25, -0.2) is 0 Å². The van der Waals surface area contributed by atoms with Crippen molar-refractivity contribution in [3.8, 4) is 0 Å². The smallest absolute Gasteiger partial charge is 0.282 e. The van der Waals surface area contributed by atoms with E-state index < -0.39 is 0 Å². The van der Waals surface area contributed by atoms with Gasteiger partial charge in [0, 0.05) is 17.3 Å². The molecule has 0 aliphatic heterocycles. The molecule has 0 aliphatic carbocycles. The number of quaternary nitrogens is 1. The summed E-state index contributed by atoms with van der Waals surface area (Å²) in [6, 6.07) is 24.8. The molecule has 3 nitrogen and oxygen atoms in total. The Balaban J connectivity index is 1.77. The number of benzene rings is 2. The van der Waals surface area contributed by atoms with Crippen LogP contribution in [0.25, 0.3) is 0 Å². The van der Waals surface area contributed by atoms with Crippen molar-refractivity contribution >= 4 is 22.9 Å². The van der Waals surface area contributed by atoms with Crippen LogP contribution in [0.15, 0.2) is 78.2 Å². The second-order valence-corrected chi connectivity index (χ2v) is 7.52. The van der Waals surface area contributed by atoms with Crippen molar-refractivity contribution in [3.05, 3.63) is 88.6 Å². The number of rotatable bonds is 7. The largest absolute Gasteiger partial charge is 0.328 e. The van der Waals surface area contributed by atoms with E-state index >= 15 is 0 Å². The van der Waals surface area contributed by atoms with Crippen LogP contribution < -0.4 is 10.2 Å². The molecule has 3 aromatic rings. The summed E-state index contributed by atoms with van der Waals surface area (Å²) < 4.78 is 0. The van der Waals surface area contributed by atoms with Gasteiger partial charge in [-0.3, -0.25) is 4.79 Å². The first-order valence-corrected chi connectivity index (χ1v) is 9.83. The van der Waals surface area contributed by atoms with Crippen molar-refractivity contribution < 1.29 is 10.1 Å². The quantitative estimate of drug-likeness (QED) is 0.678. The lowest BCUT2D eigenvalue weighted by Gasteiger charge is -2.27. The first-order valence-electron chi connectivity index (χ1n) is 8.95. The number of amides is 1. The number of carbonyl (C=O) groups is 1. The highest BCUT2D eigenvalue weighted by Gasteiger charge is 2.24. The summed E-state index contributed by atoms with van der Waals surface area (Å²) in [7, 11) is 0. The lowest BCUT2D eigenvalue weighted by molar-refractivity contribution is -0.676. The lowest BCUT2D eigenvalue weighted by atomic mass is 10.1. The monoisotopic (exact) mass is 365 g/mol. The van der Waals surface area contributed by atoms with Gasteiger partial charge >= 0.3 is 0 Å². The van der Waals surface area contributed by atoms with Gasteiger partial charge in [-0.05, 0) is 37.4 Å². The summed E-state index contributed by atoms with van der Waals surface area (Å²) in [6.45, 7) is 4.52. The first kappa shape index (κ1) is 18.4. The Hall–Kier alpha value is -2.43. The molecule has 0 radical (unpaired) electrons. The van der Waals surface area contributed by atoms with E-state index in [2.05, 4.69) is 60.9 Å². The molecule has 134 valence electrons. The van der Waals surface area contributed by atoms with Crippen molar-refractivity contribution in [1.82, 2.24) is 0 Å². The third-order valence-corrected chi connectivity index (χ3v) is 5.31. The fourth-order valence-electron chi connectivity index (χ4n) is 3.18. The summed E-state index contributed by atoms with van der Waals surface area (Å²) in [5, 5.41) is 4.23. The minimum Gasteiger partial charge on any atom is -0.328 e. The molecule has 1 heterocycles. The maximum Gasteiger partial charge on any atom is 0.282 e. The van der Waals surface area contributed by atoms with Crippen LogP contribution >= 0.6 is 11.3 Å². The van der Waals surface area contributed by atoms with E-state index in [1.54, 1.807) is 11.3 Å². The predicted molar refractivity (Wildman–Crippen MR) is 108 cm³/mol. The molecule has 3 rings (SSSR count). The fraction of sp³-hybridized carbons (Fsp3) is 0.227. The summed E-state index contributed by atoms with van der Waals surface area (Å²) in [4.78, 5) is 16.1. The molecule has 0 saturated carbocycles. The highest BCUT2D eigenvalue weighted by atomic mass is 32.1. The van der Waals surface area contributed by atoms with Crippen LogP contribution in [-0.2, 0) is 4.79 Å². The van der Waals surface area contributed by atoms with E-state index in [1.165, 1.54) is 10.4 Å². The van der Waals surface area contributed by atoms with Gasteiger partial charge in [-0.15, -0.1) is 11.3 Å². The highest BCUT2D eigenvalue weighted by molar-refractivity contribution is 7.10. The van der Waals surface area contributed by atoms with Crippen LogP contribution in [0.5, 0.6) is 0 Å². The average Bonchev–Trinajstić information content (AvgIpc) is 3.18. The second-order valence-electron chi connectivity index (χ2n) is 6.54. The Morgan fingerprint density at radius 2 is 1.62 bits per heavy atom. The Kier molecular flexibility index (Phi) is 6.21. The van der Waals surface area contributed by atoms with E-state index in [9.17, 15) is 4.79 Å². The van der Waals surface area contributed by atoms with Crippen LogP contribution in [0, 0.1) is 0 Å². The molecule has 0 spiro atoms. The summed E-state index contributed by atoms with van der Waals surface area (Å²) in [5.41, 5.74) is 2.17. The third-order valence-electron chi connectivity index (χ3n) is 4.36. The summed E-state index contributed by atoms with van der Waals surface area (Å²) in [5.74, 6) is 0.128. The van der Waals surface area contributed by atoms with Crippen LogP contribution in [0.3, 0.4) is 0 Å². The summed E-state index contributed by atoms with van der Waals surface area (Å²) >= 11 is 1.73. The van der Waals surface area contributed by atoms with Crippen molar-refractivity contribution in [2.75, 3.05) is 11.4 Å². The van der Waals surface area contributed by atoms with Gasteiger partial charge in [0.15, 0.2) is 6.54 Å². The van der Waals surface area contributed by atoms with E-state index in [1.807, 2.05) is 41.3 Å². The van der Waals surface area contributed by atoms with Gasteiger partial charge in [-0.1, -0.05) is 54.6 Å². The van der Waals surface area contributed by atoms with Crippen LogP contribution in [-0.4, -0.2) is 18.5 Å². The molecular weight excluding hydrogens is 340 g/mol. The molecule has 0 unspecified atom stereocenters. The van der Waals surface area contributed by atoms with E-state index in [-0.39, 0.29) is 18.0 Å². The molecule has 0 aliphatic rings.